The molecule has 5 heteroatoms. The number of hydrogen-bond acceptors (Lipinski definition) is 3. The second kappa shape index (κ2) is 9.39. The number of carbonyl (C=O) groups is 1. The summed E-state index contributed by atoms with van der Waals surface area (Å²) in [4.78, 5) is 11.5. The SMILES string of the molecule is CCCCCC(/C=C/c1ccc(C(=O)O)cc1)c1ccc2c(c1)C(C)(C)CCS2(=O)=O. The van der Waals surface area contributed by atoms with E-state index in [4.69, 9.17) is 5.11 Å². The Morgan fingerprint density at radius 3 is 2.48 bits per heavy atom. The average Bonchev–Trinajstić information content (AvgIpc) is 2.74. The van der Waals surface area contributed by atoms with Crippen molar-refractivity contribution in [3.05, 3.63) is 70.8 Å². The van der Waals surface area contributed by atoms with Crippen molar-refractivity contribution in [2.24, 2.45) is 0 Å². The highest BCUT2D eigenvalue weighted by Gasteiger charge is 2.35. The summed E-state index contributed by atoms with van der Waals surface area (Å²) in [6.07, 6.45) is 9.22. The van der Waals surface area contributed by atoms with Crippen LogP contribution in [0.2, 0.25) is 0 Å². The molecule has 0 aromatic heterocycles. The maximum absolute atomic E-state index is 12.6. The highest BCUT2D eigenvalue weighted by molar-refractivity contribution is 7.91. The van der Waals surface area contributed by atoms with E-state index in [1.165, 1.54) is 0 Å². The molecule has 1 atom stereocenters. The molecule has 1 unspecified atom stereocenters. The van der Waals surface area contributed by atoms with Gasteiger partial charge in [0.2, 0.25) is 0 Å². The second-order valence-corrected chi connectivity index (χ2v) is 11.2. The topological polar surface area (TPSA) is 71.4 Å². The van der Waals surface area contributed by atoms with Crippen LogP contribution in [0, 0.1) is 0 Å². The van der Waals surface area contributed by atoms with Crippen molar-refractivity contribution in [2.45, 2.75) is 69.1 Å². The molecule has 0 radical (unpaired) electrons. The van der Waals surface area contributed by atoms with E-state index in [0.29, 0.717) is 11.3 Å². The van der Waals surface area contributed by atoms with Gasteiger partial charge >= 0.3 is 5.97 Å². The highest BCUT2D eigenvalue weighted by Crippen LogP contribution is 2.40. The van der Waals surface area contributed by atoms with Crippen LogP contribution in [0.5, 0.6) is 0 Å². The minimum atomic E-state index is -3.21. The normalized spacial score (nSPS) is 17.9. The summed E-state index contributed by atoms with van der Waals surface area (Å²) >= 11 is 0. The summed E-state index contributed by atoms with van der Waals surface area (Å²) in [6.45, 7) is 6.42. The van der Waals surface area contributed by atoms with E-state index < -0.39 is 15.8 Å². The summed E-state index contributed by atoms with van der Waals surface area (Å²) in [6, 6.07) is 12.7. The van der Waals surface area contributed by atoms with E-state index >= 15 is 0 Å². The van der Waals surface area contributed by atoms with Gasteiger partial charge in [-0.2, -0.15) is 0 Å². The number of benzene rings is 2. The third-order valence-electron chi connectivity index (χ3n) is 6.29. The van der Waals surface area contributed by atoms with Gasteiger partial charge in [0.05, 0.1) is 16.2 Å². The lowest BCUT2D eigenvalue weighted by atomic mass is 9.79. The Hall–Kier alpha value is -2.40. The minimum absolute atomic E-state index is 0.166. The van der Waals surface area contributed by atoms with E-state index in [0.717, 1.165) is 42.4 Å². The number of carboxylic acids is 1. The van der Waals surface area contributed by atoms with Crippen molar-refractivity contribution >= 4 is 21.9 Å². The summed E-state index contributed by atoms with van der Waals surface area (Å²) in [7, 11) is -3.21. The monoisotopic (exact) mass is 440 g/mol. The molecule has 2 aromatic rings. The molecule has 1 heterocycles. The zero-order valence-electron chi connectivity index (χ0n) is 18.6. The molecule has 4 nitrogen and oxygen atoms in total. The first-order valence-corrected chi connectivity index (χ1v) is 12.7. The summed E-state index contributed by atoms with van der Waals surface area (Å²) in [5, 5.41) is 9.08. The molecule has 0 spiro atoms. The molecule has 0 bridgehead atoms. The molecule has 166 valence electrons. The Labute approximate surface area is 185 Å². The van der Waals surface area contributed by atoms with Gasteiger partial charge in [0.15, 0.2) is 9.84 Å². The van der Waals surface area contributed by atoms with Gasteiger partial charge in [-0.05, 0) is 53.1 Å². The van der Waals surface area contributed by atoms with Gasteiger partial charge in [0, 0.05) is 5.92 Å². The van der Waals surface area contributed by atoms with Crippen molar-refractivity contribution < 1.29 is 18.3 Å². The number of carboxylic acid groups (broad SMARTS) is 1. The Kier molecular flexibility index (Phi) is 7.05. The van der Waals surface area contributed by atoms with Gasteiger partial charge in [-0.1, -0.05) is 76.5 Å². The van der Waals surface area contributed by atoms with E-state index in [2.05, 4.69) is 32.9 Å². The average molecular weight is 441 g/mol. The molecule has 0 saturated heterocycles. The van der Waals surface area contributed by atoms with Crippen LogP contribution in [0.1, 0.15) is 85.8 Å². The molecule has 3 rings (SSSR count). The fourth-order valence-electron chi connectivity index (χ4n) is 4.16. The van der Waals surface area contributed by atoms with Crippen LogP contribution in [-0.4, -0.2) is 25.2 Å². The number of aromatic carboxylic acids is 1. The molecule has 1 aliphatic heterocycles. The Bertz CT molecular complexity index is 1060. The molecule has 0 aliphatic carbocycles. The molecule has 31 heavy (non-hydrogen) atoms. The van der Waals surface area contributed by atoms with Crippen LogP contribution < -0.4 is 0 Å². The van der Waals surface area contributed by atoms with Gasteiger partial charge in [0.25, 0.3) is 0 Å². The summed E-state index contributed by atoms with van der Waals surface area (Å²) < 4.78 is 25.2. The molecule has 1 aliphatic rings. The molecule has 2 aromatic carbocycles. The Morgan fingerprint density at radius 1 is 1.13 bits per heavy atom. The van der Waals surface area contributed by atoms with Gasteiger partial charge < -0.3 is 5.11 Å². The first kappa shape index (κ1) is 23.3. The molecule has 1 N–H and O–H groups in total. The lowest BCUT2D eigenvalue weighted by Crippen LogP contribution is -2.30. The van der Waals surface area contributed by atoms with Crippen molar-refractivity contribution in [3.8, 4) is 0 Å². The number of rotatable bonds is 8. The molecule has 0 fully saturated rings. The first-order chi connectivity index (χ1) is 14.6. The lowest BCUT2D eigenvalue weighted by molar-refractivity contribution is 0.0697. The first-order valence-electron chi connectivity index (χ1n) is 11.0. The second-order valence-electron chi connectivity index (χ2n) is 9.10. The zero-order valence-corrected chi connectivity index (χ0v) is 19.4. The fourth-order valence-corrected chi connectivity index (χ4v) is 6.11. The maximum Gasteiger partial charge on any atom is 0.335 e. The van der Waals surface area contributed by atoms with E-state index in [1.807, 2.05) is 24.3 Å². The lowest BCUT2D eigenvalue weighted by Gasteiger charge is -2.33. The minimum Gasteiger partial charge on any atom is -0.478 e. The number of unbranched alkanes of at least 4 members (excludes halogenated alkanes) is 2. The van der Waals surface area contributed by atoms with Crippen molar-refractivity contribution in [2.75, 3.05) is 5.75 Å². The highest BCUT2D eigenvalue weighted by atomic mass is 32.2. The predicted octanol–water partition coefficient (Wildman–Crippen LogP) is 6.22. The molecule has 0 saturated carbocycles. The molecular formula is C26H32O4S. The number of sulfone groups is 1. The van der Waals surface area contributed by atoms with Crippen molar-refractivity contribution in [1.29, 1.82) is 0 Å². The van der Waals surface area contributed by atoms with Crippen LogP contribution in [-0.2, 0) is 15.3 Å². The number of fused-ring (bicyclic) bond motifs is 1. The van der Waals surface area contributed by atoms with E-state index in [-0.39, 0.29) is 22.6 Å². The van der Waals surface area contributed by atoms with Gasteiger partial charge in [-0.15, -0.1) is 0 Å². The van der Waals surface area contributed by atoms with E-state index in [9.17, 15) is 13.2 Å². The largest absolute Gasteiger partial charge is 0.478 e. The van der Waals surface area contributed by atoms with Crippen LogP contribution in [0.15, 0.2) is 53.4 Å². The predicted molar refractivity (Wildman–Crippen MR) is 125 cm³/mol. The van der Waals surface area contributed by atoms with Crippen LogP contribution in [0.4, 0.5) is 0 Å². The smallest absolute Gasteiger partial charge is 0.335 e. The molecule has 0 amide bonds. The summed E-state index contributed by atoms with van der Waals surface area (Å²) in [5.74, 6) is -0.547. The van der Waals surface area contributed by atoms with Gasteiger partial charge in [-0.25, -0.2) is 13.2 Å². The summed E-state index contributed by atoms with van der Waals surface area (Å²) in [5.41, 5.74) is 3.12. The maximum atomic E-state index is 12.6. The fraction of sp³-hybridized carbons (Fsp3) is 0.423. The van der Waals surface area contributed by atoms with Gasteiger partial charge in [0.1, 0.15) is 0 Å². The van der Waals surface area contributed by atoms with Crippen LogP contribution >= 0.6 is 0 Å². The zero-order chi connectivity index (χ0) is 22.6. The molecular weight excluding hydrogens is 408 g/mol. The third-order valence-corrected chi connectivity index (χ3v) is 8.06. The number of allylic oxidation sites excluding steroid dienone is 1. The standard InChI is InChI=1S/C26H32O4S/c1-4-5-6-7-20(11-8-19-9-12-21(13-10-19)25(27)28)22-14-15-24-23(18-22)26(2,3)16-17-31(24,29)30/h8-15,18,20H,4-7,16-17H2,1-3H3,(H,27,28)/b11-8+. The van der Waals surface area contributed by atoms with Crippen molar-refractivity contribution in [1.82, 2.24) is 0 Å². The quantitative estimate of drug-likeness (QED) is 0.495. The van der Waals surface area contributed by atoms with Crippen LogP contribution in [0.3, 0.4) is 0 Å². The Balaban J connectivity index is 1.94. The van der Waals surface area contributed by atoms with Crippen molar-refractivity contribution in [3.63, 3.8) is 0 Å². The van der Waals surface area contributed by atoms with Gasteiger partial charge in [-0.3, -0.25) is 0 Å². The Morgan fingerprint density at radius 2 is 1.84 bits per heavy atom. The van der Waals surface area contributed by atoms with Crippen LogP contribution in [0.25, 0.3) is 6.08 Å². The van der Waals surface area contributed by atoms with E-state index in [1.54, 1.807) is 18.2 Å². The third kappa shape index (κ3) is 5.45. The number of hydrogen-bond donors (Lipinski definition) is 1.